The topological polar surface area (TPSA) is 31.2 Å². The molecule has 0 aliphatic carbocycles. The lowest BCUT2D eigenvalue weighted by molar-refractivity contribution is 0.0601. The molecule has 0 amide bonds. The summed E-state index contributed by atoms with van der Waals surface area (Å²) in [6.07, 6.45) is 4.35. The van der Waals surface area contributed by atoms with Gasteiger partial charge in [0.1, 0.15) is 0 Å². The van der Waals surface area contributed by atoms with Gasteiger partial charge in [0.25, 0.3) is 0 Å². The van der Waals surface area contributed by atoms with E-state index in [0.29, 0.717) is 11.5 Å². The number of carbonyl (C=O) groups is 1. The molecule has 2 aromatic rings. The van der Waals surface area contributed by atoms with Crippen LogP contribution in [-0.4, -0.2) is 17.6 Å². The number of rotatable bonds is 7. The van der Waals surface area contributed by atoms with Crippen LogP contribution in [0.2, 0.25) is 0 Å². The average Bonchev–Trinajstić information content (AvgIpc) is 2.90. The maximum absolute atomic E-state index is 11.9. The first kappa shape index (κ1) is 18.3. The third-order valence-electron chi connectivity index (χ3n) is 4.96. The van der Waals surface area contributed by atoms with Gasteiger partial charge in [-0.1, -0.05) is 39.8 Å². The van der Waals surface area contributed by atoms with Crippen molar-refractivity contribution in [2.75, 3.05) is 7.11 Å². The van der Waals surface area contributed by atoms with Crippen molar-refractivity contribution in [2.24, 2.45) is 7.05 Å². The zero-order chi connectivity index (χ0) is 17.9. The minimum Gasteiger partial charge on any atom is -0.465 e. The molecule has 0 radical (unpaired) electrons. The predicted molar refractivity (Wildman–Crippen MR) is 102 cm³/mol. The molecular formula is C21H29NO2. The molecule has 24 heavy (non-hydrogen) atoms. The summed E-state index contributed by atoms with van der Waals surface area (Å²) in [5.41, 5.74) is 5.44. The van der Waals surface area contributed by atoms with Crippen LogP contribution in [0.3, 0.4) is 0 Å². The van der Waals surface area contributed by atoms with Gasteiger partial charge in [-0.05, 0) is 48.4 Å². The standard InChI is InChI=1S/C21H29NO2/c1-7-10-15(9-3)19-17-12-11-16(21(23)24-6)13-18(17)22(5)20(19)14(4)8-2/h11-13,15H,4,7-10H2,1-3,5-6H3. The zero-order valence-corrected chi connectivity index (χ0v) is 15.6. The molecule has 0 spiro atoms. The van der Waals surface area contributed by atoms with Crippen LogP contribution >= 0.6 is 0 Å². The molecule has 2 rings (SSSR count). The predicted octanol–water partition coefficient (Wildman–Crippen LogP) is 5.68. The van der Waals surface area contributed by atoms with E-state index in [1.54, 1.807) is 0 Å². The van der Waals surface area contributed by atoms with Gasteiger partial charge in [-0.2, -0.15) is 0 Å². The van der Waals surface area contributed by atoms with Gasteiger partial charge in [0.2, 0.25) is 0 Å². The summed E-state index contributed by atoms with van der Waals surface area (Å²) < 4.78 is 7.07. The molecule has 0 bridgehead atoms. The molecule has 1 heterocycles. The fraction of sp³-hybridized carbons (Fsp3) is 0.476. The lowest BCUT2D eigenvalue weighted by atomic mass is 9.87. The Bertz CT molecular complexity index is 755. The number of esters is 1. The Balaban J connectivity index is 2.77. The van der Waals surface area contributed by atoms with Crippen LogP contribution < -0.4 is 0 Å². The van der Waals surface area contributed by atoms with E-state index in [2.05, 4.69) is 45.0 Å². The summed E-state index contributed by atoms with van der Waals surface area (Å²) in [5.74, 6) is 0.220. The molecule has 3 nitrogen and oxygen atoms in total. The molecule has 130 valence electrons. The van der Waals surface area contributed by atoms with Gasteiger partial charge in [-0.3, -0.25) is 0 Å². The summed E-state index contributed by atoms with van der Waals surface area (Å²) in [5, 5.41) is 1.23. The van der Waals surface area contributed by atoms with Gasteiger partial charge in [-0.15, -0.1) is 0 Å². The van der Waals surface area contributed by atoms with Gasteiger partial charge in [0, 0.05) is 23.6 Å². The van der Waals surface area contributed by atoms with E-state index in [9.17, 15) is 4.79 Å². The molecule has 1 aromatic heterocycles. The summed E-state index contributed by atoms with van der Waals surface area (Å²) in [7, 11) is 3.49. The van der Waals surface area contributed by atoms with Gasteiger partial charge in [0.15, 0.2) is 0 Å². The van der Waals surface area contributed by atoms with Crippen molar-refractivity contribution in [3.8, 4) is 0 Å². The maximum Gasteiger partial charge on any atom is 0.337 e. The molecule has 0 saturated carbocycles. The Morgan fingerprint density at radius 1 is 1.29 bits per heavy atom. The van der Waals surface area contributed by atoms with Crippen molar-refractivity contribution in [3.05, 3.63) is 41.6 Å². The summed E-state index contributed by atoms with van der Waals surface area (Å²) in [4.78, 5) is 11.9. The van der Waals surface area contributed by atoms with Crippen LogP contribution in [0.15, 0.2) is 24.8 Å². The highest BCUT2D eigenvalue weighted by molar-refractivity contribution is 5.97. The Morgan fingerprint density at radius 2 is 2.00 bits per heavy atom. The molecule has 0 fully saturated rings. The monoisotopic (exact) mass is 327 g/mol. The van der Waals surface area contributed by atoms with Crippen LogP contribution in [0, 0.1) is 0 Å². The van der Waals surface area contributed by atoms with E-state index < -0.39 is 0 Å². The highest BCUT2D eigenvalue weighted by Gasteiger charge is 2.23. The van der Waals surface area contributed by atoms with Crippen LogP contribution in [0.25, 0.3) is 16.5 Å². The molecule has 0 aliphatic rings. The summed E-state index contributed by atoms with van der Waals surface area (Å²) in [6, 6.07) is 5.88. The van der Waals surface area contributed by atoms with E-state index in [0.717, 1.165) is 30.4 Å². The van der Waals surface area contributed by atoms with E-state index in [4.69, 9.17) is 4.74 Å². The fourth-order valence-electron chi connectivity index (χ4n) is 3.62. The molecule has 0 aliphatic heterocycles. The number of carbonyl (C=O) groups excluding carboxylic acids is 1. The lowest BCUT2D eigenvalue weighted by Crippen LogP contribution is -2.03. The van der Waals surface area contributed by atoms with Crippen LogP contribution in [-0.2, 0) is 11.8 Å². The Morgan fingerprint density at radius 3 is 2.54 bits per heavy atom. The first-order valence-corrected chi connectivity index (χ1v) is 8.88. The quantitative estimate of drug-likeness (QED) is 0.612. The number of benzene rings is 1. The Labute approximate surface area is 145 Å². The minimum atomic E-state index is -0.295. The fourth-order valence-corrected chi connectivity index (χ4v) is 3.62. The number of aryl methyl sites for hydroxylation is 1. The second-order valence-corrected chi connectivity index (χ2v) is 6.40. The molecule has 0 N–H and O–H groups in total. The SMILES string of the molecule is C=C(CC)c1c(C(CC)CCC)c2ccc(C(=O)OC)cc2n1C. The minimum absolute atomic E-state index is 0.295. The van der Waals surface area contributed by atoms with Gasteiger partial charge in [-0.25, -0.2) is 4.79 Å². The highest BCUT2D eigenvalue weighted by atomic mass is 16.5. The second-order valence-electron chi connectivity index (χ2n) is 6.40. The molecule has 1 atom stereocenters. The molecular weight excluding hydrogens is 298 g/mol. The van der Waals surface area contributed by atoms with Crippen molar-refractivity contribution >= 4 is 22.4 Å². The number of fused-ring (bicyclic) bond motifs is 1. The molecule has 1 unspecified atom stereocenters. The summed E-state index contributed by atoms with van der Waals surface area (Å²) in [6.45, 7) is 10.9. The Hall–Kier alpha value is -2.03. The normalized spacial score (nSPS) is 12.4. The van der Waals surface area contributed by atoms with Gasteiger partial charge in [0.05, 0.1) is 12.7 Å². The van der Waals surface area contributed by atoms with E-state index in [1.807, 2.05) is 12.1 Å². The van der Waals surface area contributed by atoms with Crippen LogP contribution in [0.5, 0.6) is 0 Å². The first-order valence-electron chi connectivity index (χ1n) is 8.88. The lowest BCUT2D eigenvalue weighted by Gasteiger charge is -2.18. The number of nitrogens with zero attached hydrogens (tertiary/aromatic N) is 1. The number of aromatic nitrogens is 1. The van der Waals surface area contributed by atoms with E-state index in [-0.39, 0.29) is 5.97 Å². The third kappa shape index (κ3) is 3.12. The van der Waals surface area contributed by atoms with Gasteiger partial charge < -0.3 is 9.30 Å². The number of methoxy groups -OCH3 is 1. The highest BCUT2D eigenvalue weighted by Crippen LogP contribution is 2.39. The number of ether oxygens (including phenoxy) is 1. The second kappa shape index (κ2) is 7.69. The molecule has 1 aromatic carbocycles. The smallest absolute Gasteiger partial charge is 0.337 e. The van der Waals surface area contributed by atoms with Crippen molar-refractivity contribution in [3.63, 3.8) is 0 Å². The van der Waals surface area contributed by atoms with Crippen molar-refractivity contribution in [1.29, 1.82) is 0 Å². The number of hydrogen-bond donors (Lipinski definition) is 0. The zero-order valence-electron chi connectivity index (χ0n) is 15.6. The van der Waals surface area contributed by atoms with E-state index in [1.165, 1.54) is 30.2 Å². The van der Waals surface area contributed by atoms with Crippen LogP contribution in [0.1, 0.15) is 74.0 Å². The van der Waals surface area contributed by atoms with Crippen molar-refractivity contribution in [1.82, 2.24) is 4.57 Å². The van der Waals surface area contributed by atoms with E-state index >= 15 is 0 Å². The van der Waals surface area contributed by atoms with Crippen LogP contribution in [0.4, 0.5) is 0 Å². The third-order valence-corrected chi connectivity index (χ3v) is 4.96. The maximum atomic E-state index is 11.9. The van der Waals surface area contributed by atoms with Gasteiger partial charge >= 0.3 is 5.97 Å². The molecule has 0 saturated heterocycles. The molecule has 3 heteroatoms. The number of allylic oxidation sites excluding steroid dienone is 1. The number of hydrogen-bond acceptors (Lipinski definition) is 2. The van der Waals surface area contributed by atoms with Crippen molar-refractivity contribution in [2.45, 2.75) is 52.4 Å². The van der Waals surface area contributed by atoms with Crippen molar-refractivity contribution < 1.29 is 9.53 Å². The largest absolute Gasteiger partial charge is 0.465 e. The first-order chi connectivity index (χ1) is 11.5. The summed E-state index contributed by atoms with van der Waals surface area (Å²) >= 11 is 0. The average molecular weight is 327 g/mol. The Kier molecular flexibility index (Phi) is 5.87.